The van der Waals surface area contributed by atoms with Crippen molar-refractivity contribution in [2.45, 2.75) is 36.7 Å². The third-order valence-corrected chi connectivity index (χ3v) is 8.02. The lowest BCUT2D eigenvalue weighted by Gasteiger charge is -2.31. The van der Waals surface area contributed by atoms with Gasteiger partial charge in [0.05, 0.1) is 17.7 Å². The van der Waals surface area contributed by atoms with Crippen LogP contribution < -0.4 is 10.6 Å². The van der Waals surface area contributed by atoms with Crippen molar-refractivity contribution in [1.29, 1.82) is 0 Å². The number of amides is 2. The minimum absolute atomic E-state index is 0.207. The van der Waals surface area contributed by atoms with E-state index in [1.807, 2.05) is 6.26 Å². The molecule has 1 aliphatic rings. The summed E-state index contributed by atoms with van der Waals surface area (Å²) in [6.07, 6.45) is 4.84. The number of hydrogen-bond donors (Lipinski definition) is 2. The molecule has 2 heterocycles. The molecule has 0 saturated carbocycles. The monoisotopic (exact) mass is 479 g/mol. The number of benzene rings is 1. The zero-order valence-electron chi connectivity index (χ0n) is 18.0. The van der Waals surface area contributed by atoms with E-state index in [0.717, 1.165) is 5.75 Å². The first-order valence-electron chi connectivity index (χ1n) is 10.6. The highest BCUT2D eigenvalue weighted by Crippen LogP contribution is 2.24. The number of hydrogen-bond acceptors (Lipinski definition) is 6. The number of furan rings is 1. The number of rotatable bonds is 10. The third kappa shape index (κ3) is 6.36. The summed E-state index contributed by atoms with van der Waals surface area (Å²) in [5.74, 6) is 0.577. The minimum Gasteiger partial charge on any atom is -0.467 e. The number of piperidine rings is 1. The number of carbonyl (C=O) groups is 2. The fraction of sp³-hybridized carbons (Fsp3) is 0.455. The van der Waals surface area contributed by atoms with E-state index in [9.17, 15) is 18.0 Å². The zero-order valence-corrected chi connectivity index (χ0v) is 19.7. The topological polar surface area (TPSA) is 109 Å². The molecule has 10 heteroatoms. The third-order valence-electron chi connectivity index (χ3n) is 5.47. The normalized spacial score (nSPS) is 16.4. The molecule has 2 N–H and O–H groups in total. The van der Waals surface area contributed by atoms with E-state index in [1.165, 1.54) is 4.31 Å². The van der Waals surface area contributed by atoms with Gasteiger partial charge >= 0.3 is 0 Å². The van der Waals surface area contributed by atoms with Gasteiger partial charge in [-0.05, 0) is 55.5 Å². The number of carbonyl (C=O) groups excluding carboxylic acids is 2. The van der Waals surface area contributed by atoms with Crippen LogP contribution in [0.4, 0.5) is 0 Å². The van der Waals surface area contributed by atoms with Gasteiger partial charge in [0.15, 0.2) is 0 Å². The van der Waals surface area contributed by atoms with Gasteiger partial charge < -0.3 is 15.1 Å². The summed E-state index contributed by atoms with van der Waals surface area (Å²) < 4.78 is 32.2. The van der Waals surface area contributed by atoms with Crippen LogP contribution in [-0.2, 0) is 26.2 Å². The maximum absolute atomic E-state index is 12.9. The van der Waals surface area contributed by atoms with Crippen LogP contribution in [0.3, 0.4) is 0 Å². The highest BCUT2D eigenvalue weighted by Gasteiger charge is 2.33. The Morgan fingerprint density at radius 1 is 1.16 bits per heavy atom. The van der Waals surface area contributed by atoms with Crippen LogP contribution in [-0.4, -0.2) is 55.7 Å². The SMILES string of the molecule is CSCC[C@H](NC(=O)C1CCN(S(=O)(=O)c2ccccc2)CC1)C(=O)NCc1ccco1. The summed E-state index contributed by atoms with van der Waals surface area (Å²) in [7, 11) is -3.56. The van der Waals surface area contributed by atoms with Crippen molar-refractivity contribution in [3.05, 3.63) is 54.5 Å². The first-order valence-corrected chi connectivity index (χ1v) is 13.4. The van der Waals surface area contributed by atoms with Crippen molar-refractivity contribution >= 4 is 33.6 Å². The van der Waals surface area contributed by atoms with Crippen molar-refractivity contribution in [2.24, 2.45) is 5.92 Å². The van der Waals surface area contributed by atoms with Gasteiger partial charge in [-0.3, -0.25) is 9.59 Å². The summed E-state index contributed by atoms with van der Waals surface area (Å²) in [5.41, 5.74) is 0. The van der Waals surface area contributed by atoms with Gasteiger partial charge in [-0.25, -0.2) is 8.42 Å². The Morgan fingerprint density at radius 2 is 1.88 bits per heavy atom. The van der Waals surface area contributed by atoms with Crippen molar-refractivity contribution in [2.75, 3.05) is 25.1 Å². The van der Waals surface area contributed by atoms with Crippen molar-refractivity contribution < 1.29 is 22.4 Å². The molecular weight excluding hydrogens is 450 g/mol. The van der Waals surface area contributed by atoms with Gasteiger partial charge in [0.1, 0.15) is 11.8 Å². The van der Waals surface area contributed by atoms with Gasteiger partial charge in [0, 0.05) is 19.0 Å². The Balaban J connectivity index is 1.54. The highest BCUT2D eigenvalue weighted by atomic mass is 32.2. The van der Waals surface area contributed by atoms with Crippen molar-refractivity contribution in [1.82, 2.24) is 14.9 Å². The highest BCUT2D eigenvalue weighted by molar-refractivity contribution is 7.98. The molecule has 32 heavy (non-hydrogen) atoms. The summed E-state index contributed by atoms with van der Waals surface area (Å²) in [6.45, 7) is 0.804. The molecule has 1 aromatic heterocycles. The van der Waals surface area contributed by atoms with Crippen LogP contribution in [0.25, 0.3) is 0 Å². The lowest BCUT2D eigenvalue weighted by atomic mass is 9.96. The van der Waals surface area contributed by atoms with Crippen LogP contribution in [0.5, 0.6) is 0 Å². The second-order valence-electron chi connectivity index (χ2n) is 7.63. The second-order valence-corrected chi connectivity index (χ2v) is 10.6. The van der Waals surface area contributed by atoms with Crippen LogP contribution >= 0.6 is 11.8 Å². The Bertz CT molecular complexity index is 972. The van der Waals surface area contributed by atoms with Gasteiger partial charge in [0.25, 0.3) is 0 Å². The molecule has 1 aromatic carbocycles. The summed E-state index contributed by atoms with van der Waals surface area (Å²) in [4.78, 5) is 25.7. The average molecular weight is 480 g/mol. The molecule has 174 valence electrons. The van der Waals surface area contributed by atoms with Crippen LogP contribution in [0.2, 0.25) is 0 Å². The first-order chi connectivity index (χ1) is 15.4. The van der Waals surface area contributed by atoms with Crippen LogP contribution in [0, 0.1) is 5.92 Å². The predicted octanol–water partition coefficient (Wildman–Crippen LogP) is 2.23. The van der Waals surface area contributed by atoms with Gasteiger partial charge in [-0.15, -0.1) is 0 Å². The molecule has 8 nitrogen and oxygen atoms in total. The van der Waals surface area contributed by atoms with E-state index >= 15 is 0 Å². The van der Waals surface area contributed by atoms with E-state index in [0.29, 0.717) is 25.0 Å². The Morgan fingerprint density at radius 3 is 2.50 bits per heavy atom. The van der Waals surface area contributed by atoms with Crippen molar-refractivity contribution in [3.63, 3.8) is 0 Å². The van der Waals surface area contributed by atoms with Crippen LogP contribution in [0.1, 0.15) is 25.0 Å². The maximum Gasteiger partial charge on any atom is 0.243 e. The smallest absolute Gasteiger partial charge is 0.243 e. The molecule has 3 rings (SSSR count). The molecule has 0 unspecified atom stereocenters. The lowest BCUT2D eigenvalue weighted by molar-refractivity contribution is -0.132. The Hall–Kier alpha value is -2.30. The fourth-order valence-electron chi connectivity index (χ4n) is 3.60. The van der Waals surface area contributed by atoms with E-state index in [2.05, 4.69) is 10.6 Å². The molecule has 1 atom stereocenters. The summed E-state index contributed by atoms with van der Waals surface area (Å²) in [5, 5.41) is 5.68. The molecule has 0 aliphatic carbocycles. The molecular formula is C22H29N3O5S2. The van der Waals surface area contributed by atoms with E-state index in [4.69, 9.17) is 4.42 Å². The largest absolute Gasteiger partial charge is 0.467 e. The van der Waals surface area contributed by atoms with Gasteiger partial charge in [-0.2, -0.15) is 16.1 Å². The molecule has 2 amide bonds. The molecule has 1 fully saturated rings. The van der Waals surface area contributed by atoms with Gasteiger partial charge in [-0.1, -0.05) is 18.2 Å². The molecule has 1 aliphatic heterocycles. The molecule has 1 saturated heterocycles. The summed E-state index contributed by atoms with van der Waals surface area (Å²) in [6, 6.07) is 11.2. The zero-order chi connectivity index (χ0) is 23.0. The Labute approximate surface area is 193 Å². The fourth-order valence-corrected chi connectivity index (χ4v) is 5.57. The number of thioether (sulfide) groups is 1. The van der Waals surface area contributed by atoms with Crippen molar-refractivity contribution in [3.8, 4) is 0 Å². The molecule has 0 bridgehead atoms. The summed E-state index contributed by atoms with van der Waals surface area (Å²) >= 11 is 1.60. The molecule has 0 radical (unpaired) electrons. The standard InChI is InChI=1S/C22H29N3O5S2/c1-31-15-11-20(22(27)23-16-18-6-5-14-30-18)24-21(26)17-9-12-25(13-10-17)32(28,29)19-7-3-2-4-8-19/h2-8,14,17,20H,9-13,15-16H2,1H3,(H,23,27)(H,24,26)/t20-/m0/s1. The first kappa shape index (κ1) is 24.3. The number of nitrogens with zero attached hydrogens (tertiary/aromatic N) is 1. The number of sulfonamides is 1. The minimum atomic E-state index is -3.56. The quantitative estimate of drug-likeness (QED) is 0.541. The van der Waals surface area contributed by atoms with Gasteiger partial charge in [0.2, 0.25) is 21.8 Å². The lowest BCUT2D eigenvalue weighted by Crippen LogP contribution is -2.50. The molecule has 2 aromatic rings. The van der Waals surface area contributed by atoms with E-state index in [-0.39, 0.29) is 42.3 Å². The Kier molecular flexibility index (Phi) is 8.77. The van der Waals surface area contributed by atoms with E-state index < -0.39 is 16.1 Å². The molecule has 0 spiro atoms. The number of nitrogens with one attached hydrogen (secondary N) is 2. The maximum atomic E-state index is 12.9. The average Bonchev–Trinajstić information content (AvgIpc) is 3.34. The second kappa shape index (κ2) is 11.5. The predicted molar refractivity (Wildman–Crippen MR) is 123 cm³/mol. The van der Waals surface area contributed by atoms with E-state index in [1.54, 1.807) is 60.5 Å². The van der Waals surface area contributed by atoms with Crippen LogP contribution in [0.15, 0.2) is 58.0 Å².